The van der Waals surface area contributed by atoms with Gasteiger partial charge in [0.25, 0.3) is 0 Å². The van der Waals surface area contributed by atoms with Crippen LogP contribution in [0.25, 0.3) is 0 Å². The maximum Gasteiger partial charge on any atom is 0.200 e. The zero-order valence-corrected chi connectivity index (χ0v) is 14.2. The Bertz CT molecular complexity index is 815. The molecule has 2 aromatic rings. The van der Waals surface area contributed by atoms with Gasteiger partial charge in [0.05, 0.1) is 26.9 Å². The number of hydrogen-bond donors (Lipinski definition) is 2. The van der Waals surface area contributed by atoms with Gasteiger partial charge in [-0.2, -0.15) is 0 Å². The summed E-state index contributed by atoms with van der Waals surface area (Å²) in [5.41, 5.74) is 0.208. The molecule has 0 atom stereocenters. The molecular formula is C18H18O7. The maximum atomic E-state index is 12.8. The number of carbonyl (C=O) groups is 2. The first kappa shape index (κ1) is 18.1. The van der Waals surface area contributed by atoms with Crippen LogP contribution in [0.4, 0.5) is 0 Å². The van der Waals surface area contributed by atoms with Gasteiger partial charge >= 0.3 is 0 Å². The molecule has 0 radical (unpaired) electrons. The average Bonchev–Trinajstić information content (AvgIpc) is 2.61. The van der Waals surface area contributed by atoms with Crippen LogP contribution >= 0.6 is 0 Å². The van der Waals surface area contributed by atoms with Crippen LogP contribution in [0.15, 0.2) is 24.3 Å². The second-order valence-electron chi connectivity index (χ2n) is 5.19. The van der Waals surface area contributed by atoms with Crippen molar-refractivity contribution in [1.82, 2.24) is 0 Å². The number of benzene rings is 2. The maximum absolute atomic E-state index is 12.8. The molecule has 7 nitrogen and oxygen atoms in total. The van der Waals surface area contributed by atoms with E-state index in [0.29, 0.717) is 0 Å². The van der Waals surface area contributed by atoms with Crippen LogP contribution in [0, 0.1) is 0 Å². The summed E-state index contributed by atoms with van der Waals surface area (Å²) in [6.45, 7) is 1.34. The molecule has 0 fully saturated rings. The predicted octanol–water partition coefficient (Wildman–Crippen LogP) is 2.56. The van der Waals surface area contributed by atoms with Gasteiger partial charge in [-0.3, -0.25) is 9.59 Å². The molecule has 0 amide bonds. The number of aromatic hydroxyl groups is 2. The molecule has 0 bridgehead atoms. The third kappa shape index (κ3) is 3.35. The number of rotatable bonds is 6. The van der Waals surface area contributed by atoms with Crippen LogP contribution in [0.5, 0.6) is 28.7 Å². The van der Waals surface area contributed by atoms with Gasteiger partial charge in [0.1, 0.15) is 0 Å². The fourth-order valence-corrected chi connectivity index (χ4v) is 2.32. The van der Waals surface area contributed by atoms with Gasteiger partial charge in [-0.05, 0) is 31.2 Å². The van der Waals surface area contributed by atoms with Crippen molar-refractivity contribution in [1.29, 1.82) is 0 Å². The third-order valence-corrected chi connectivity index (χ3v) is 3.69. The van der Waals surface area contributed by atoms with Gasteiger partial charge in [-0.1, -0.05) is 0 Å². The van der Waals surface area contributed by atoms with Crippen molar-refractivity contribution >= 4 is 11.6 Å². The summed E-state index contributed by atoms with van der Waals surface area (Å²) in [7, 11) is 3.99. The molecule has 0 unspecified atom stereocenters. The van der Waals surface area contributed by atoms with Crippen molar-refractivity contribution in [2.75, 3.05) is 21.3 Å². The predicted molar refractivity (Wildman–Crippen MR) is 89.3 cm³/mol. The SMILES string of the molecule is COc1cc(C(=O)c2cc(C(C)=O)cc(OC)c2O)cc(OC)c1O. The number of phenolic OH excluding ortho intramolecular Hbond substituents is 2. The largest absolute Gasteiger partial charge is 0.504 e. The second-order valence-corrected chi connectivity index (χ2v) is 5.19. The minimum absolute atomic E-state index is 0.00811. The quantitative estimate of drug-likeness (QED) is 0.775. The van der Waals surface area contributed by atoms with E-state index >= 15 is 0 Å². The van der Waals surface area contributed by atoms with E-state index < -0.39 is 5.78 Å². The number of ketones is 2. The van der Waals surface area contributed by atoms with Gasteiger partial charge in [0.15, 0.2) is 34.6 Å². The van der Waals surface area contributed by atoms with Crippen LogP contribution in [-0.4, -0.2) is 43.1 Å². The van der Waals surface area contributed by atoms with E-state index in [2.05, 4.69) is 0 Å². The van der Waals surface area contributed by atoms with E-state index in [1.807, 2.05) is 0 Å². The minimum Gasteiger partial charge on any atom is -0.504 e. The standard InChI is InChI=1S/C18H18O7/c1-9(19)10-5-12(17(21)13(6-10)23-2)16(20)11-7-14(24-3)18(22)15(8-11)25-4/h5-8,21-22H,1-4H3. The molecule has 0 aliphatic rings. The fraction of sp³-hybridized carbons (Fsp3) is 0.222. The molecule has 132 valence electrons. The minimum atomic E-state index is -0.587. The molecule has 0 aromatic heterocycles. The van der Waals surface area contributed by atoms with E-state index in [0.717, 1.165) is 0 Å². The highest BCUT2D eigenvalue weighted by atomic mass is 16.5. The molecule has 2 rings (SSSR count). The summed E-state index contributed by atoms with van der Waals surface area (Å²) in [5, 5.41) is 20.2. The number of phenols is 2. The fourth-order valence-electron chi connectivity index (χ4n) is 2.32. The van der Waals surface area contributed by atoms with Gasteiger partial charge in [0, 0.05) is 11.1 Å². The zero-order chi connectivity index (χ0) is 18.7. The van der Waals surface area contributed by atoms with Crippen molar-refractivity contribution < 1.29 is 34.0 Å². The molecule has 7 heteroatoms. The Kier molecular flexibility index (Phi) is 5.17. The first-order valence-corrected chi connectivity index (χ1v) is 7.25. The van der Waals surface area contributed by atoms with Crippen molar-refractivity contribution in [3.8, 4) is 28.7 Å². The molecular weight excluding hydrogens is 328 g/mol. The highest BCUT2D eigenvalue weighted by Crippen LogP contribution is 2.39. The monoisotopic (exact) mass is 346 g/mol. The van der Waals surface area contributed by atoms with E-state index in [4.69, 9.17) is 14.2 Å². The van der Waals surface area contributed by atoms with Gasteiger partial charge < -0.3 is 24.4 Å². The summed E-state index contributed by atoms with van der Waals surface area (Å²) < 4.78 is 15.1. The molecule has 2 aromatic carbocycles. The van der Waals surface area contributed by atoms with E-state index in [1.54, 1.807) is 0 Å². The first-order valence-electron chi connectivity index (χ1n) is 7.25. The molecule has 0 saturated carbocycles. The van der Waals surface area contributed by atoms with Crippen LogP contribution in [0.3, 0.4) is 0 Å². The summed E-state index contributed by atoms with van der Waals surface area (Å²) in [6.07, 6.45) is 0. The topological polar surface area (TPSA) is 102 Å². The van der Waals surface area contributed by atoms with E-state index in [-0.39, 0.29) is 51.2 Å². The van der Waals surface area contributed by atoms with Crippen LogP contribution in [0.2, 0.25) is 0 Å². The molecule has 0 aliphatic heterocycles. The number of carbonyl (C=O) groups excluding carboxylic acids is 2. The third-order valence-electron chi connectivity index (χ3n) is 3.69. The van der Waals surface area contributed by atoms with Gasteiger partial charge in [0.2, 0.25) is 5.75 Å². The zero-order valence-electron chi connectivity index (χ0n) is 14.2. The number of hydrogen-bond acceptors (Lipinski definition) is 7. The molecule has 25 heavy (non-hydrogen) atoms. The normalized spacial score (nSPS) is 10.2. The summed E-state index contributed by atoms with van der Waals surface area (Å²) in [4.78, 5) is 24.5. The van der Waals surface area contributed by atoms with Gasteiger partial charge in [-0.15, -0.1) is 0 Å². The van der Waals surface area contributed by atoms with Crippen molar-refractivity contribution in [2.45, 2.75) is 6.92 Å². The Morgan fingerprint density at radius 2 is 1.20 bits per heavy atom. The summed E-state index contributed by atoms with van der Waals surface area (Å²) in [6, 6.07) is 5.26. The van der Waals surface area contributed by atoms with Crippen LogP contribution < -0.4 is 14.2 Å². The Balaban J connectivity index is 2.65. The molecule has 0 spiro atoms. The number of ether oxygens (including phenoxy) is 3. The molecule has 0 saturated heterocycles. The Morgan fingerprint density at radius 3 is 1.64 bits per heavy atom. The van der Waals surface area contributed by atoms with E-state index in [1.165, 1.54) is 52.5 Å². The first-order chi connectivity index (χ1) is 11.8. The van der Waals surface area contributed by atoms with Gasteiger partial charge in [-0.25, -0.2) is 0 Å². The average molecular weight is 346 g/mol. The Labute approximate surface area is 144 Å². The van der Waals surface area contributed by atoms with Crippen molar-refractivity contribution in [2.24, 2.45) is 0 Å². The van der Waals surface area contributed by atoms with Crippen LogP contribution in [-0.2, 0) is 0 Å². The second kappa shape index (κ2) is 7.12. The number of Topliss-reactive ketones (excluding diaryl/α,β-unsaturated/α-hetero) is 1. The lowest BCUT2D eigenvalue weighted by Crippen LogP contribution is -2.06. The number of methoxy groups -OCH3 is 3. The lowest BCUT2D eigenvalue weighted by atomic mass is 9.98. The molecule has 2 N–H and O–H groups in total. The van der Waals surface area contributed by atoms with E-state index in [9.17, 15) is 19.8 Å². The highest BCUT2D eigenvalue weighted by Gasteiger charge is 2.22. The Morgan fingerprint density at radius 1 is 0.760 bits per heavy atom. The smallest absolute Gasteiger partial charge is 0.200 e. The van der Waals surface area contributed by atoms with Crippen molar-refractivity contribution in [3.05, 3.63) is 41.0 Å². The van der Waals surface area contributed by atoms with Crippen LogP contribution in [0.1, 0.15) is 33.2 Å². The lowest BCUT2D eigenvalue weighted by Gasteiger charge is -2.13. The lowest BCUT2D eigenvalue weighted by molar-refractivity contribution is 0.101. The Hall–Kier alpha value is -3.22. The van der Waals surface area contributed by atoms with Crippen molar-refractivity contribution in [3.63, 3.8) is 0 Å². The summed E-state index contributed by atoms with van der Waals surface area (Å²) in [5.74, 6) is -1.42. The summed E-state index contributed by atoms with van der Waals surface area (Å²) >= 11 is 0. The highest BCUT2D eigenvalue weighted by molar-refractivity contribution is 6.13. The molecule has 0 heterocycles. The molecule has 0 aliphatic carbocycles.